The number of nitrogens with zero attached hydrogens (tertiary/aromatic N) is 2. The molecule has 1 saturated heterocycles. The second-order valence-corrected chi connectivity index (χ2v) is 6.26. The summed E-state index contributed by atoms with van der Waals surface area (Å²) >= 11 is 0. The van der Waals surface area contributed by atoms with Gasteiger partial charge in [-0.25, -0.2) is 14.9 Å². The fourth-order valence-electron chi connectivity index (χ4n) is 2.99. The first-order valence-corrected chi connectivity index (χ1v) is 8.44. The zero-order valence-corrected chi connectivity index (χ0v) is 14.2. The number of hydrogen-bond acceptors (Lipinski definition) is 5. The molecule has 26 heavy (non-hydrogen) atoms. The summed E-state index contributed by atoms with van der Waals surface area (Å²) in [5.74, 6) is -1.56. The van der Waals surface area contributed by atoms with Gasteiger partial charge in [-0.05, 0) is 35.8 Å². The molecule has 7 heteroatoms. The first-order valence-electron chi connectivity index (χ1n) is 8.44. The van der Waals surface area contributed by atoms with Crippen LogP contribution in [0.1, 0.15) is 17.5 Å². The molecule has 0 bridgehead atoms. The number of carbonyl (C=O) groups excluding carboxylic acids is 1. The first-order chi connectivity index (χ1) is 12.6. The number of halogens is 1. The smallest absolute Gasteiger partial charge is 0.303 e. The summed E-state index contributed by atoms with van der Waals surface area (Å²) in [5.41, 5.74) is 2.99. The lowest BCUT2D eigenvalue weighted by molar-refractivity contribution is -0.126. The molecule has 3 rings (SSSR count). The number of likely N-dealkylation sites (tertiary alicyclic amines) is 1. The topological polar surface area (TPSA) is 77.5 Å². The van der Waals surface area contributed by atoms with Gasteiger partial charge < -0.3 is 5.32 Å². The van der Waals surface area contributed by atoms with E-state index in [4.69, 9.17) is 5.21 Å². The van der Waals surface area contributed by atoms with Crippen molar-refractivity contribution in [1.82, 2.24) is 15.4 Å². The van der Waals surface area contributed by atoms with Gasteiger partial charge in [0.1, 0.15) is 5.82 Å². The normalized spacial score (nSPS) is 17.9. The molecule has 2 heterocycles. The lowest BCUT2D eigenvalue weighted by atomic mass is 10.2. The van der Waals surface area contributed by atoms with Gasteiger partial charge in [0.15, 0.2) is 5.83 Å². The molecule has 1 aromatic heterocycles. The van der Waals surface area contributed by atoms with Crippen molar-refractivity contribution in [2.45, 2.75) is 19.0 Å². The number of benzene rings is 1. The minimum Gasteiger partial charge on any atom is -0.366 e. The lowest BCUT2D eigenvalue weighted by Crippen LogP contribution is -2.26. The number of carbonyl (C=O) groups is 1. The van der Waals surface area contributed by atoms with E-state index in [0.717, 1.165) is 32.1 Å². The zero-order chi connectivity index (χ0) is 18.4. The Labute approximate surface area is 151 Å². The Morgan fingerprint density at radius 1 is 1.31 bits per heavy atom. The summed E-state index contributed by atoms with van der Waals surface area (Å²) in [7, 11) is 0. The number of hydrogen-bond donors (Lipinski definition) is 3. The molecule has 1 atom stereocenters. The van der Waals surface area contributed by atoms with E-state index < -0.39 is 11.7 Å². The van der Waals surface area contributed by atoms with E-state index in [1.165, 1.54) is 17.2 Å². The number of amides is 1. The molecule has 0 saturated carbocycles. The van der Waals surface area contributed by atoms with E-state index in [-0.39, 0.29) is 0 Å². The second kappa shape index (κ2) is 8.55. The molecule has 1 amide bonds. The monoisotopic (exact) mass is 356 g/mol. The minimum absolute atomic E-state index is 0.310. The molecule has 1 aromatic carbocycles. The van der Waals surface area contributed by atoms with Gasteiger partial charge >= 0.3 is 5.91 Å². The van der Waals surface area contributed by atoms with Crippen LogP contribution in [0, 0.1) is 0 Å². The van der Waals surface area contributed by atoms with Crippen LogP contribution < -0.4 is 10.8 Å². The molecule has 2 aromatic rings. The van der Waals surface area contributed by atoms with Crippen LogP contribution in [0.25, 0.3) is 6.08 Å². The molecular weight excluding hydrogens is 335 g/mol. The van der Waals surface area contributed by atoms with Crippen molar-refractivity contribution in [3.05, 3.63) is 65.6 Å². The summed E-state index contributed by atoms with van der Waals surface area (Å²) in [4.78, 5) is 17.6. The summed E-state index contributed by atoms with van der Waals surface area (Å²) < 4.78 is 13.4. The van der Waals surface area contributed by atoms with Crippen LogP contribution in [0.15, 0.2) is 54.5 Å². The summed E-state index contributed by atoms with van der Waals surface area (Å²) in [5, 5.41) is 11.8. The predicted octanol–water partition coefficient (Wildman–Crippen LogP) is 2.58. The zero-order valence-electron chi connectivity index (χ0n) is 14.2. The van der Waals surface area contributed by atoms with Gasteiger partial charge in [-0.3, -0.25) is 14.9 Å². The lowest BCUT2D eigenvalue weighted by Gasteiger charge is -2.17. The van der Waals surface area contributed by atoms with E-state index in [1.807, 2.05) is 18.2 Å². The van der Waals surface area contributed by atoms with Gasteiger partial charge in [0.2, 0.25) is 0 Å². The Morgan fingerprint density at radius 3 is 2.81 bits per heavy atom. The average Bonchev–Trinajstić information content (AvgIpc) is 3.10. The predicted molar refractivity (Wildman–Crippen MR) is 97.0 cm³/mol. The Morgan fingerprint density at radius 2 is 2.12 bits per heavy atom. The van der Waals surface area contributed by atoms with Gasteiger partial charge in [0.25, 0.3) is 0 Å². The number of nitrogens with one attached hydrogen (secondary N) is 2. The third-order valence-corrected chi connectivity index (χ3v) is 4.27. The van der Waals surface area contributed by atoms with Crippen LogP contribution in [-0.4, -0.2) is 40.1 Å². The van der Waals surface area contributed by atoms with Gasteiger partial charge in [-0.15, -0.1) is 0 Å². The van der Waals surface area contributed by atoms with E-state index in [1.54, 1.807) is 12.1 Å². The van der Waals surface area contributed by atoms with Crippen molar-refractivity contribution in [2.24, 2.45) is 0 Å². The van der Waals surface area contributed by atoms with Crippen LogP contribution in [0.5, 0.6) is 0 Å². The molecule has 0 spiro atoms. The minimum atomic E-state index is -1.18. The van der Waals surface area contributed by atoms with Crippen molar-refractivity contribution < 1.29 is 14.4 Å². The Bertz CT molecular complexity index is 765. The third-order valence-electron chi connectivity index (χ3n) is 4.27. The maximum Gasteiger partial charge on any atom is 0.303 e. The quantitative estimate of drug-likeness (QED) is 0.421. The Hall–Kier alpha value is -2.77. The molecule has 0 radical (unpaired) electrons. The van der Waals surface area contributed by atoms with Crippen LogP contribution in [0.3, 0.4) is 0 Å². The van der Waals surface area contributed by atoms with E-state index in [0.29, 0.717) is 17.4 Å². The van der Waals surface area contributed by atoms with E-state index in [2.05, 4.69) is 27.3 Å². The molecule has 0 aliphatic carbocycles. The maximum absolute atomic E-state index is 13.4. The molecule has 136 valence electrons. The summed E-state index contributed by atoms with van der Waals surface area (Å²) in [6.45, 7) is 2.89. The summed E-state index contributed by atoms with van der Waals surface area (Å²) in [6.07, 6.45) is 3.52. The van der Waals surface area contributed by atoms with Gasteiger partial charge in [0, 0.05) is 31.9 Å². The molecule has 1 fully saturated rings. The number of aromatic nitrogens is 1. The van der Waals surface area contributed by atoms with Crippen molar-refractivity contribution in [2.75, 3.05) is 18.4 Å². The first kappa shape index (κ1) is 18.0. The highest BCUT2D eigenvalue weighted by Gasteiger charge is 2.22. The molecule has 1 aliphatic rings. The highest BCUT2D eigenvalue weighted by atomic mass is 19.1. The molecular formula is C19H21FN4O2. The van der Waals surface area contributed by atoms with Gasteiger partial charge in [-0.2, -0.15) is 0 Å². The number of pyridine rings is 1. The van der Waals surface area contributed by atoms with Crippen LogP contribution in [0.4, 0.5) is 10.2 Å². The molecule has 1 aliphatic heterocycles. The Balaban J connectivity index is 1.53. The Kier molecular flexibility index (Phi) is 5.93. The largest absolute Gasteiger partial charge is 0.366 e. The third kappa shape index (κ3) is 4.87. The highest BCUT2D eigenvalue weighted by Crippen LogP contribution is 2.17. The van der Waals surface area contributed by atoms with Crippen LogP contribution >= 0.6 is 0 Å². The van der Waals surface area contributed by atoms with Gasteiger partial charge in [0.05, 0.1) is 0 Å². The van der Waals surface area contributed by atoms with Crippen LogP contribution in [0.2, 0.25) is 0 Å². The van der Waals surface area contributed by atoms with E-state index in [9.17, 15) is 9.18 Å². The van der Waals surface area contributed by atoms with E-state index >= 15 is 0 Å². The fourth-order valence-corrected chi connectivity index (χ4v) is 2.99. The molecule has 6 nitrogen and oxygen atoms in total. The summed E-state index contributed by atoms with van der Waals surface area (Å²) in [6, 6.07) is 14.1. The van der Waals surface area contributed by atoms with Crippen molar-refractivity contribution in [3.8, 4) is 0 Å². The number of anilines is 1. The standard InChI is InChI=1S/C19H21FN4O2/c20-17(19(25)23-26)10-15-6-7-18(21-11-15)22-16-8-9-24(13-16)12-14-4-2-1-3-5-14/h1-7,10-11,16,26H,8-9,12-13H2,(H,21,22)(H,23,25)/b17-10-/t16-/m1/s1. The second-order valence-electron chi connectivity index (χ2n) is 6.26. The van der Waals surface area contributed by atoms with Crippen molar-refractivity contribution in [3.63, 3.8) is 0 Å². The molecule has 0 unspecified atom stereocenters. The number of rotatable bonds is 6. The number of hydroxylamine groups is 1. The highest BCUT2D eigenvalue weighted by molar-refractivity contribution is 5.94. The van der Waals surface area contributed by atoms with Crippen molar-refractivity contribution in [1.29, 1.82) is 0 Å². The van der Waals surface area contributed by atoms with Crippen LogP contribution in [-0.2, 0) is 11.3 Å². The fraction of sp³-hybridized carbons (Fsp3) is 0.263. The SMILES string of the molecule is O=C(NO)/C(F)=C/c1ccc(N[C@@H]2CCN(Cc3ccccc3)C2)nc1. The molecule has 3 N–H and O–H groups in total. The maximum atomic E-state index is 13.4. The van der Waals surface area contributed by atoms with Crippen molar-refractivity contribution >= 4 is 17.8 Å². The average molecular weight is 356 g/mol. The van der Waals surface area contributed by atoms with Gasteiger partial charge in [-0.1, -0.05) is 30.3 Å².